The van der Waals surface area contributed by atoms with Crippen molar-refractivity contribution in [1.82, 2.24) is 5.32 Å². The molecule has 0 saturated carbocycles. The van der Waals surface area contributed by atoms with Crippen molar-refractivity contribution in [3.63, 3.8) is 0 Å². The molecule has 0 aliphatic heterocycles. The van der Waals surface area contributed by atoms with Gasteiger partial charge < -0.3 is 10.1 Å². The zero-order valence-electron chi connectivity index (χ0n) is 7.99. The summed E-state index contributed by atoms with van der Waals surface area (Å²) in [5.41, 5.74) is 0. The molecule has 13 heavy (non-hydrogen) atoms. The number of methoxy groups -OCH3 is 1. The van der Waals surface area contributed by atoms with Crippen LogP contribution in [0, 0.1) is 0 Å². The molecule has 72 valence electrons. The molecule has 0 atom stereocenters. The second-order valence-electron chi connectivity index (χ2n) is 2.32. The van der Waals surface area contributed by atoms with Gasteiger partial charge in [-0.25, -0.2) is 0 Å². The first-order valence-corrected chi connectivity index (χ1v) is 4.02. The summed E-state index contributed by atoms with van der Waals surface area (Å²) in [6.45, 7) is 2.43. The number of amides is 1. The predicted octanol–water partition coefficient (Wildman–Crippen LogP) is 1.40. The van der Waals surface area contributed by atoms with Crippen molar-refractivity contribution >= 4 is 6.41 Å². The predicted molar refractivity (Wildman–Crippen MR) is 53.1 cm³/mol. The molecule has 3 heteroatoms. The normalized spacial score (nSPS) is 12.3. The summed E-state index contributed by atoms with van der Waals surface area (Å²) in [4.78, 5) is 9.83. The van der Waals surface area contributed by atoms with Crippen LogP contribution >= 0.6 is 0 Å². The van der Waals surface area contributed by atoms with Crippen LogP contribution in [-0.4, -0.2) is 20.1 Å². The SMILES string of the molecule is CO/C(C)=C/C=C\C=C\CNC=O. The highest BCUT2D eigenvalue weighted by molar-refractivity contribution is 5.46. The zero-order valence-corrected chi connectivity index (χ0v) is 7.99. The maximum Gasteiger partial charge on any atom is 0.207 e. The molecule has 1 N–H and O–H groups in total. The van der Waals surface area contributed by atoms with Crippen LogP contribution in [0.25, 0.3) is 0 Å². The molecule has 0 unspecified atom stereocenters. The number of allylic oxidation sites excluding steroid dienone is 5. The highest BCUT2D eigenvalue weighted by atomic mass is 16.5. The molecule has 3 nitrogen and oxygen atoms in total. The fourth-order valence-corrected chi connectivity index (χ4v) is 0.586. The zero-order chi connectivity index (χ0) is 9.94. The number of carbonyl (C=O) groups is 1. The summed E-state index contributed by atoms with van der Waals surface area (Å²) in [5.74, 6) is 0.857. The highest BCUT2D eigenvalue weighted by Gasteiger charge is 1.76. The van der Waals surface area contributed by atoms with E-state index >= 15 is 0 Å². The minimum absolute atomic E-state index is 0.556. The molecule has 0 saturated heterocycles. The van der Waals surface area contributed by atoms with Crippen LogP contribution in [0.3, 0.4) is 0 Å². The highest BCUT2D eigenvalue weighted by Crippen LogP contribution is 1.91. The van der Waals surface area contributed by atoms with Crippen molar-refractivity contribution in [2.24, 2.45) is 0 Å². The van der Waals surface area contributed by atoms with Crippen LogP contribution in [0.1, 0.15) is 6.92 Å². The molecular weight excluding hydrogens is 166 g/mol. The first-order chi connectivity index (χ1) is 6.31. The van der Waals surface area contributed by atoms with Gasteiger partial charge in [-0.2, -0.15) is 0 Å². The summed E-state index contributed by atoms with van der Waals surface area (Å²) in [6.07, 6.45) is 9.97. The van der Waals surface area contributed by atoms with Crippen LogP contribution in [0.5, 0.6) is 0 Å². The second-order valence-corrected chi connectivity index (χ2v) is 2.32. The Morgan fingerprint density at radius 1 is 1.38 bits per heavy atom. The van der Waals surface area contributed by atoms with Crippen LogP contribution in [-0.2, 0) is 9.53 Å². The average Bonchev–Trinajstić information content (AvgIpc) is 2.16. The van der Waals surface area contributed by atoms with Crippen molar-refractivity contribution in [2.45, 2.75) is 6.92 Å². The van der Waals surface area contributed by atoms with Gasteiger partial charge in [0.15, 0.2) is 0 Å². The largest absolute Gasteiger partial charge is 0.501 e. The van der Waals surface area contributed by atoms with Crippen LogP contribution in [0.2, 0.25) is 0 Å². The Labute approximate surface area is 78.8 Å². The summed E-state index contributed by atoms with van der Waals surface area (Å²) < 4.78 is 4.92. The summed E-state index contributed by atoms with van der Waals surface area (Å²) in [7, 11) is 1.63. The summed E-state index contributed by atoms with van der Waals surface area (Å²) >= 11 is 0. The van der Waals surface area contributed by atoms with Crippen molar-refractivity contribution < 1.29 is 9.53 Å². The Kier molecular flexibility index (Phi) is 7.59. The van der Waals surface area contributed by atoms with Gasteiger partial charge >= 0.3 is 0 Å². The van der Waals surface area contributed by atoms with Gasteiger partial charge in [-0.3, -0.25) is 4.79 Å². The smallest absolute Gasteiger partial charge is 0.207 e. The molecule has 0 heterocycles. The van der Waals surface area contributed by atoms with Crippen molar-refractivity contribution in [2.75, 3.05) is 13.7 Å². The fourth-order valence-electron chi connectivity index (χ4n) is 0.586. The quantitative estimate of drug-likeness (QED) is 0.291. The maximum atomic E-state index is 9.83. The molecule has 0 spiro atoms. The second kappa shape index (κ2) is 8.59. The number of carbonyl (C=O) groups excluding carboxylic acids is 1. The third-order valence-corrected chi connectivity index (χ3v) is 1.33. The van der Waals surface area contributed by atoms with Crippen LogP contribution in [0.15, 0.2) is 36.1 Å². The third-order valence-electron chi connectivity index (χ3n) is 1.33. The standard InChI is InChI=1S/C10H15NO2/c1-10(13-2)7-5-3-4-6-8-11-9-12/h3-7,9H,8H2,1-2H3,(H,11,12)/b5-3-,6-4+,10-7+. The number of hydrogen-bond donors (Lipinski definition) is 1. The summed E-state index contributed by atoms with van der Waals surface area (Å²) in [6, 6.07) is 0. The lowest BCUT2D eigenvalue weighted by Crippen LogP contribution is -2.08. The minimum atomic E-state index is 0.556. The molecule has 0 aromatic carbocycles. The first-order valence-electron chi connectivity index (χ1n) is 4.02. The van der Waals surface area contributed by atoms with E-state index in [0.717, 1.165) is 5.76 Å². The number of ether oxygens (including phenoxy) is 1. The van der Waals surface area contributed by atoms with Gasteiger partial charge in [-0.05, 0) is 13.0 Å². The van der Waals surface area contributed by atoms with Gasteiger partial charge in [-0.15, -0.1) is 0 Å². The Morgan fingerprint density at radius 2 is 2.15 bits per heavy atom. The van der Waals surface area contributed by atoms with Gasteiger partial charge in [0.25, 0.3) is 0 Å². The van der Waals surface area contributed by atoms with Gasteiger partial charge in [-0.1, -0.05) is 24.3 Å². The monoisotopic (exact) mass is 181 g/mol. The molecule has 0 fully saturated rings. The molecule has 0 bridgehead atoms. The van der Waals surface area contributed by atoms with E-state index in [1.54, 1.807) is 7.11 Å². The minimum Gasteiger partial charge on any atom is -0.501 e. The fraction of sp³-hybridized carbons (Fsp3) is 0.300. The Hall–Kier alpha value is -1.51. The average molecular weight is 181 g/mol. The lowest BCUT2D eigenvalue weighted by Gasteiger charge is -1.93. The van der Waals surface area contributed by atoms with Gasteiger partial charge in [0.2, 0.25) is 6.41 Å². The first kappa shape index (κ1) is 11.5. The van der Waals surface area contributed by atoms with Gasteiger partial charge in [0.05, 0.1) is 12.9 Å². The van der Waals surface area contributed by atoms with E-state index in [1.165, 1.54) is 0 Å². The van der Waals surface area contributed by atoms with Crippen molar-refractivity contribution in [1.29, 1.82) is 0 Å². The van der Waals surface area contributed by atoms with E-state index in [0.29, 0.717) is 13.0 Å². The molecular formula is C10H15NO2. The number of nitrogens with one attached hydrogen (secondary N) is 1. The topological polar surface area (TPSA) is 38.3 Å². The van der Waals surface area contributed by atoms with Gasteiger partial charge in [0.1, 0.15) is 0 Å². The Morgan fingerprint density at radius 3 is 2.77 bits per heavy atom. The van der Waals surface area contributed by atoms with E-state index in [-0.39, 0.29) is 0 Å². The Bertz CT molecular complexity index is 217. The number of rotatable bonds is 6. The van der Waals surface area contributed by atoms with E-state index in [4.69, 9.17) is 4.74 Å². The van der Waals surface area contributed by atoms with Crippen molar-refractivity contribution in [3.05, 3.63) is 36.1 Å². The lowest BCUT2D eigenvalue weighted by molar-refractivity contribution is -0.109. The maximum absolute atomic E-state index is 9.83. The van der Waals surface area contributed by atoms with E-state index in [9.17, 15) is 4.79 Å². The molecule has 0 aromatic heterocycles. The van der Waals surface area contributed by atoms with Gasteiger partial charge in [0, 0.05) is 6.54 Å². The van der Waals surface area contributed by atoms with E-state index in [1.807, 2.05) is 37.3 Å². The molecule has 0 radical (unpaired) electrons. The molecule has 1 amide bonds. The summed E-state index contributed by atoms with van der Waals surface area (Å²) in [5, 5.41) is 2.52. The lowest BCUT2D eigenvalue weighted by atomic mass is 10.4. The number of hydrogen-bond acceptors (Lipinski definition) is 2. The van der Waals surface area contributed by atoms with Crippen LogP contribution in [0.4, 0.5) is 0 Å². The molecule has 0 rings (SSSR count). The Balaban J connectivity index is 3.62. The molecule has 0 aliphatic rings. The molecule has 0 aliphatic carbocycles. The van der Waals surface area contributed by atoms with Crippen molar-refractivity contribution in [3.8, 4) is 0 Å². The third kappa shape index (κ3) is 8.40. The van der Waals surface area contributed by atoms with E-state index < -0.39 is 0 Å². The molecule has 0 aromatic rings. The van der Waals surface area contributed by atoms with E-state index in [2.05, 4.69) is 5.32 Å². The van der Waals surface area contributed by atoms with Crippen LogP contribution < -0.4 is 5.32 Å².